The fraction of sp³-hybridized carbons (Fsp3) is 0.370. The molecular formula is C27H27F4N5O5S2. The second-order valence-electron chi connectivity index (χ2n) is 9.86. The van der Waals surface area contributed by atoms with Crippen LogP contribution in [0.4, 0.5) is 17.6 Å². The second-order valence-corrected chi connectivity index (χ2v) is 11.6. The zero-order valence-corrected chi connectivity index (χ0v) is 25.0. The van der Waals surface area contributed by atoms with E-state index in [0.717, 1.165) is 33.3 Å². The number of nitrogens with zero attached hydrogens (tertiary/aromatic N) is 4. The molecule has 2 N–H and O–H groups in total. The Morgan fingerprint density at radius 1 is 1.12 bits per heavy atom. The molecule has 4 aromatic rings. The van der Waals surface area contributed by atoms with E-state index in [9.17, 15) is 36.7 Å². The van der Waals surface area contributed by atoms with E-state index >= 15 is 0 Å². The molecule has 0 radical (unpaired) electrons. The van der Waals surface area contributed by atoms with Crippen molar-refractivity contribution in [3.05, 3.63) is 71.5 Å². The number of thiazole rings is 1. The SMILES string of the molecule is CCC(C)[C@H](N)C(=O)OCn1c(-c2ccc(C(F)(F)F)c(F)c2)csc1=NC(=O)Cc1csc2c1c(=O)n(C)c(=O)n2C. The molecule has 10 nitrogen and oxygen atoms in total. The predicted molar refractivity (Wildman–Crippen MR) is 153 cm³/mol. The van der Waals surface area contributed by atoms with Gasteiger partial charge in [0.15, 0.2) is 11.5 Å². The Hall–Kier alpha value is -3.89. The van der Waals surface area contributed by atoms with Crippen LogP contribution in [0.2, 0.25) is 0 Å². The highest BCUT2D eigenvalue weighted by Crippen LogP contribution is 2.33. The number of hydrogen-bond donors (Lipinski definition) is 1. The largest absolute Gasteiger partial charge is 0.443 e. The van der Waals surface area contributed by atoms with E-state index in [1.54, 1.807) is 12.3 Å². The molecule has 230 valence electrons. The number of carbonyl (C=O) groups is 2. The lowest BCUT2D eigenvalue weighted by Crippen LogP contribution is -2.38. The molecule has 16 heteroatoms. The highest BCUT2D eigenvalue weighted by atomic mass is 32.1. The molecule has 1 unspecified atom stereocenters. The minimum atomic E-state index is -4.90. The van der Waals surface area contributed by atoms with Crippen LogP contribution in [0.5, 0.6) is 0 Å². The van der Waals surface area contributed by atoms with Crippen LogP contribution < -0.4 is 21.8 Å². The number of esters is 1. The van der Waals surface area contributed by atoms with Gasteiger partial charge >= 0.3 is 17.8 Å². The van der Waals surface area contributed by atoms with E-state index in [1.807, 2.05) is 6.92 Å². The van der Waals surface area contributed by atoms with Gasteiger partial charge < -0.3 is 10.5 Å². The Bertz CT molecular complexity index is 1900. The van der Waals surface area contributed by atoms with Crippen molar-refractivity contribution in [1.82, 2.24) is 13.7 Å². The van der Waals surface area contributed by atoms with Crippen molar-refractivity contribution in [1.29, 1.82) is 0 Å². The van der Waals surface area contributed by atoms with Gasteiger partial charge in [-0.25, -0.2) is 9.18 Å². The van der Waals surface area contributed by atoms with Crippen LogP contribution in [-0.2, 0) is 47.7 Å². The molecule has 0 spiro atoms. The number of amides is 1. The highest BCUT2D eigenvalue weighted by Gasteiger charge is 2.34. The molecule has 0 fully saturated rings. The number of alkyl halides is 3. The molecule has 0 aliphatic rings. The molecule has 0 bridgehead atoms. The van der Waals surface area contributed by atoms with Crippen molar-refractivity contribution in [2.75, 3.05) is 0 Å². The van der Waals surface area contributed by atoms with Crippen molar-refractivity contribution >= 4 is 44.8 Å². The average Bonchev–Trinajstić information content (AvgIpc) is 3.55. The third-order valence-electron chi connectivity index (χ3n) is 7.04. The molecule has 0 aliphatic heterocycles. The maximum atomic E-state index is 14.4. The van der Waals surface area contributed by atoms with Crippen molar-refractivity contribution in [3.8, 4) is 11.3 Å². The summed E-state index contributed by atoms with van der Waals surface area (Å²) < 4.78 is 62.7. The number of aromatic nitrogens is 3. The Kier molecular flexibility index (Phi) is 9.22. The summed E-state index contributed by atoms with van der Waals surface area (Å²) >= 11 is 2.03. The first-order chi connectivity index (χ1) is 20.1. The number of fused-ring (bicyclic) bond motifs is 1. The van der Waals surface area contributed by atoms with E-state index in [0.29, 0.717) is 28.9 Å². The maximum Gasteiger partial charge on any atom is 0.419 e. The van der Waals surface area contributed by atoms with Crippen LogP contribution in [0.15, 0.2) is 43.5 Å². The van der Waals surface area contributed by atoms with Crippen molar-refractivity contribution in [3.63, 3.8) is 0 Å². The summed E-state index contributed by atoms with van der Waals surface area (Å²) in [6.45, 7) is 3.09. The molecule has 0 saturated carbocycles. The van der Waals surface area contributed by atoms with Gasteiger partial charge in [-0.3, -0.25) is 28.1 Å². The molecule has 2 atom stereocenters. The van der Waals surface area contributed by atoms with Crippen LogP contribution in [0.3, 0.4) is 0 Å². The highest BCUT2D eigenvalue weighted by molar-refractivity contribution is 7.17. The minimum Gasteiger partial charge on any atom is -0.443 e. The van der Waals surface area contributed by atoms with Gasteiger partial charge in [-0.15, -0.1) is 22.7 Å². The average molecular weight is 642 g/mol. The normalized spacial score (nSPS) is 13.8. The summed E-state index contributed by atoms with van der Waals surface area (Å²) in [4.78, 5) is 55.2. The summed E-state index contributed by atoms with van der Waals surface area (Å²) in [6.07, 6.45) is -4.61. The van der Waals surface area contributed by atoms with E-state index < -0.39 is 53.5 Å². The first kappa shape index (κ1) is 32.0. The number of benzene rings is 1. The van der Waals surface area contributed by atoms with E-state index in [2.05, 4.69) is 4.99 Å². The number of aryl methyl sites for hydroxylation is 1. The summed E-state index contributed by atoms with van der Waals surface area (Å²) in [7, 11) is 2.83. The molecule has 1 amide bonds. The molecular weight excluding hydrogens is 614 g/mol. The van der Waals surface area contributed by atoms with Gasteiger partial charge in [0.1, 0.15) is 16.7 Å². The number of carbonyl (C=O) groups excluding carboxylic acids is 2. The number of ether oxygens (including phenoxy) is 1. The molecule has 4 rings (SSSR count). The number of thiophene rings is 1. The fourth-order valence-corrected chi connectivity index (χ4v) is 6.19. The standard InChI is InChI=1S/C27H27F4N5O5S2/c1-5-13(2)21(32)24(39)41-12-36-18(14-6-7-16(17(28)8-14)27(29,30)31)11-43-25(36)33-19(37)9-15-10-42-23-20(15)22(38)34(3)26(40)35(23)4/h6-8,10-11,13,21H,5,9,12,32H2,1-4H3/t13?,21-/m0/s1. The second kappa shape index (κ2) is 12.4. The van der Waals surface area contributed by atoms with E-state index in [4.69, 9.17) is 10.5 Å². The Morgan fingerprint density at radius 3 is 2.44 bits per heavy atom. The van der Waals surface area contributed by atoms with Crippen LogP contribution in [0.25, 0.3) is 21.5 Å². The molecule has 3 aromatic heterocycles. The summed E-state index contributed by atoms with van der Waals surface area (Å²) in [5.41, 5.74) is 3.93. The lowest BCUT2D eigenvalue weighted by molar-refractivity contribution is -0.150. The zero-order chi connectivity index (χ0) is 31.8. The third kappa shape index (κ3) is 6.40. The van der Waals surface area contributed by atoms with Crippen molar-refractivity contribution in [2.24, 2.45) is 30.7 Å². The Balaban J connectivity index is 1.75. The van der Waals surface area contributed by atoms with Crippen LogP contribution in [0.1, 0.15) is 31.4 Å². The molecule has 0 aliphatic carbocycles. The number of rotatable bonds is 8. The Morgan fingerprint density at radius 2 is 1.81 bits per heavy atom. The molecule has 3 heterocycles. The third-order valence-corrected chi connectivity index (χ3v) is 9.01. The molecule has 1 aromatic carbocycles. The molecule has 43 heavy (non-hydrogen) atoms. The van der Waals surface area contributed by atoms with Crippen molar-refractivity contribution < 1.29 is 31.9 Å². The zero-order valence-electron chi connectivity index (χ0n) is 23.4. The van der Waals surface area contributed by atoms with Gasteiger partial charge in [-0.1, -0.05) is 26.3 Å². The number of halogens is 4. The number of hydrogen-bond acceptors (Lipinski definition) is 8. The van der Waals surface area contributed by atoms with Crippen LogP contribution >= 0.6 is 22.7 Å². The van der Waals surface area contributed by atoms with Crippen LogP contribution in [0, 0.1) is 11.7 Å². The number of nitrogens with two attached hydrogens (primary N) is 1. The first-order valence-electron chi connectivity index (χ1n) is 12.9. The monoisotopic (exact) mass is 641 g/mol. The Labute approximate surface area is 249 Å². The van der Waals surface area contributed by atoms with E-state index in [1.165, 1.54) is 28.6 Å². The van der Waals surface area contributed by atoms with Gasteiger partial charge in [0.2, 0.25) is 0 Å². The van der Waals surface area contributed by atoms with E-state index in [-0.39, 0.29) is 33.8 Å². The smallest absolute Gasteiger partial charge is 0.419 e. The van der Waals surface area contributed by atoms with Gasteiger partial charge in [-0.05, 0) is 29.0 Å². The van der Waals surface area contributed by atoms with Crippen molar-refractivity contribution in [2.45, 2.75) is 45.6 Å². The lowest BCUT2D eigenvalue weighted by atomic mass is 10.0. The fourth-order valence-electron chi connectivity index (χ4n) is 4.25. The summed E-state index contributed by atoms with van der Waals surface area (Å²) in [6, 6.07) is 1.38. The first-order valence-corrected chi connectivity index (χ1v) is 14.6. The predicted octanol–water partition coefficient (Wildman–Crippen LogP) is 3.53. The van der Waals surface area contributed by atoms with Gasteiger partial charge in [0.25, 0.3) is 11.5 Å². The summed E-state index contributed by atoms with van der Waals surface area (Å²) in [5, 5.41) is 3.21. The van der Waals surface area contributed by atoms with Gasteiger partial charge in [-0.2, -0.15) is 18.2 Å². The topological polar surface area (TPSA) is 131 Å². The maximum absolute atomic E-state index is 14.4. The lowest BCUT2D eigenvalue weighted by Gasteiger charge is -2.18. The molecule has 0 saturated heterocycles. The van der Waals surface area contributed by atoms with Gasteiger partial charge in [0.05, 0.1) is 23.1 Å². The minimum absolute atomic E-state index is 0.00468. The van der Waals surface area contributed by atoms with Gasteiger partial charge in [0, 0.05) is 25.0 Å². The summed E-state index contributed by atoms with van der Waals surface area (Å²) in [5.74, 6) is -3.16. The van der Waals surface area contributed by atoms with Crippen LogP contribution in [-0.4, -0.2) is 31.6 Å². The quantitative estimate of drug-likeness (QED) is 0.232.